The zero-order chi connectivity index (χ0) is 18.1. The van der Waals surface area contributed by atoms with E-state index in [0.717, 1.165) is 5.56 Å². The monoisotopic (exact) mass is 342 g/mol. The third kappa shape index (κ3) is 3.08. The highest BCUT2D eigenvalue weighted by Crippen LogP contribution is 2.30. The standard InChI is InChI=1S/C18H15FN2O4/c1-11-14-4-3-5-15(21(23)24)17(14)25-18(22)16(11)20(2)10-12-6-8-13(19)9-7-12/h3-9H,10H2,1-2H3. The van der Waals surface area contributed by atoms with Gasteiger partial charge in [-0.05, 0) is 30.2 Å². The van der Waals surface area contributed by atoms with Crippen molar-refractivity contribution in [3.8, 4) is 0 Å². The summed E-state index contributed by atoms with van der Waals surface area (Å²) in [5, 5.41) is 11.6. The average molecular weight is 342 g/mol. The highest BCUT2D eigenvalue weighted by molar-refractivity contribution is 5.90. The number of halogens is 1. The van der Waals surface area contributed by atoms with Crippen molar-refractivity contribution in [2.24, 2.45) is 0 Å². The predicted octanol–water partition coefficient (Wildman–Crippen LogP) is 3.79. The number of aryl methyl sites for hydroxylation is 1. The van der Waals surface area contributed by atoms with E-state index in [9.17, 15) is 19.3 Å². The van der Waals surface area contributed by atoms with Crippen LogP contribution in [0.25, 0.3) is 11.0 Å². The first-order chi connectivity index (χ1) is 11.9. The van der Waals surface area contributed by atoms with E-state index < -0.39 is 10.5 Å². The second kappa shape index (κ2) is 6.35. The maximum Gasteiger partial charge on any atom is 0.360 e. The van der Waals surface area contributed by atoms with Crippen molar-refractivity contribution in [3.63, 3.8) is 0 Å². The fourth-order valence-corrected chi connectivity index (χ4v) is 2.88. The molecule has 7 heteroatoms. The van der Waals surface area contributed by atoms with E-state index in [1.807, 2.05) is 0 Å². The minimum Gasteiger partial charge on any atom is -0.414 e. The first-order valence-corrected chi connectivity index (χ1v) is 7.55. The lowest BCUT2D eigenvalue weighted by molar-refractivity contribution is -0.383. The second-order valence-electron chi connectivity index (χ2n) is 5.76. The summed E-state index contributed by atoms with van der Waals surface area (Å²) >= 11 is 0. The molecule has 0 spiro atoms. The molecule has 0 saturated carbocycles. The van der Waals surface area contributed by atoms with Crippen LogP contribution in [0.3, 0.4) is 0 Å². The molecule has 1 heterocycles. The molecule has 6 nitrogen and oxygen atoms in total. The number of anilines is 1. The number of nitro benzene ring substituents is 1. The molecular formula is C18H15FN2O4. The summed E-state index contributed by atoms with van der Waals surface area (Å²) in [6, 6.07) is 10.5. The highest BCUT2D eigenvalue weighted by atomic mass is 19.1. The summed E-state index contributed by atoms with van der Waals surface area (Å²) in [7, 11) is 1.71. The minimum atomic E-state index is -0.649. The molecule has 3 rings (SSSR count). The van der Waals surface area contributed by atoms with Gasteiger partial charge in [-0.25, -0.2) is 9.18 Å². The summed E-state index contributed by atoms with van der Waals surface area (Å²) in [4.78, 5) is 24.7. The Hall–Kier alpha value is -3.22. The number of hydrogen-bond donors (Lipinski definition) is 0. The Kier molecular flexibility index (Phi) is 4.22. The molecule has 2 aromatic carbocycles. The zero-order valence-corrected chi connectivity index (χ0v) is 13.7. The van der Waals surface area contributed by atoms with Crippen molar-refractivity contribution in [3.05, 3.63) is 79.9 Å². The van der Waals surface area contributed by atoms with Crippen molar-refractivity contribution < 1.29 is 13.7 Å². The third-order valence-corrected chi connectivity index (χ3v) is 4.05. The topological polar surface area (TPSA) is 76.6 Å². The van der Waals surface area contributed by atoms with Crippen LogP contribution in [-0.4, -0.2) is 12.0 Å². The van der Waals surface area contributed by atoms with E-state index >= 15 is 0 Å². The summed E-state index contributed by atoms with van der Waals surface area (Å²) in [6.07, 6.45) is 0. The molecule has 0 N–H and O–H groups in total. The number of benzene rings is 2. The lowest BCUT2D eigenvalue weighted by atomic mass is 10.1. The van der Waals surface area contributed by atoms with Crippen LogP contribution in [0.1, 0.15) is 11.1 Å². The van der Waals surface area contributed by atoms with E-state index in [1.165, 1.54) is 18.2 Å². The molecule has 0 amide bonds. The Morgan fingerprint density at radius 2 is 1.88 bits per heavy atom. The Balaban J connectivity index is 2.08. The molecule has 0 radical (unpaired) electrons. The van der Waals surface area contributed by atoms with Crippen molar-refractivity contribution >= 4 is 22.3 Å². The van der Waals surface area contributed by atoms with Crippen molar-refractivity contribution in [2.45, 2.75) is 13.5 Å². The lowest BCUT2D eigenvalue weighted by Gasteiger charge is -2.20. The number of nitro groups is 1. The van der Waals surface area contributed by atoms with Crippen LogP contribution >= 0.6 is 0 Å². The Labute approximate surface area is 142 Å². The quantitative estimate of drug-likeness (QED) is 0.410. The van der Waals surface area contributed by atoms with Crippen LogP contribution in [0.4, 0.5) is 15.8 Å². The zero-order valence-electron chi connectivity index (χ0n) is 13.7. The summed E-state index contributed by atoms with van der Waals surface area (Å²) in [5.41, 5.74) is 0.807. The molecule has 0 aliphatic carbocycles. The number of para-hydroxylation sites is 1. The lowest BCUT2D eigenvalue weighted by Crippen LogP contribution is -2.24. The SMILES string of the molecule is Cc1c(N(C)Cc2ccc(F)cc2)c(=O)oc2c([N+](=O)[O-])cccc12. The summed E-state index contributed by atoms with van der Waals surface area (Å²) < 4.78 is 18.3. The number of nitrogens with zero attached hydrogens (tertiary/aromatic N) is 2. The van der Waals surface area contributed by atoms with Gasteiger partial charge in [0.1, 0.15) is 11.5 Å². The van der Waals surface area contributed by atoms with E-state index in [1.54, 1.807) is 43.1 Å². The molecule has 0 fully saturated rings. The van der Waals surface area contributed by atoms with E-state index in [4.69, 9.17) is 4.42 Å². The molecule has 0 aliphatic rings. The van der Waals surface area contributed by atoms with Gasteiger partial charge < -0.3 is 9.32 Å². The average Bonchev–Trinajstić information content (AvgIpc) is 2.56. The highest BCUT2D eigenvalue weighted by Gasteiger charge is 2.21. The number of rotatable bonds is 4. The van der Waals surface area contributed by atoms with Crippen LogP contribution in [0, 0.1) is 22.9 Å². The molecule has 0 atom stereocenters. The third-order valence-electron chi connectivity index (χ3n) is 4.05. The summed E-state index contributed by atoms with van der Waals surface area (Å²) in [6.45, 7) is 2.09. The van der Waals surface area contributed by atoms with Crippen molar-refractivity contribution in [1.29, 1.82) is 0 Å². The van der Waals surface area contributed by atoms with Gasteiger partial charge in [-0.1, -0.05) is 24.3 Å². The smallest absolute Gasteiger partial charge is 0.360 e. The summed E-state index contributed by atoms with van der Waals surface area (Å²) in [5.74, 6) is -0.333. The van der Waals surface area contributed by atoms with Crippen molar-refractivity contribution in [1.82, 2.24) is 0 Å². The van der Waals surface area contributed by atoms with Gasteiger partial charge in [0.25, 0.3) is 0 Å². The molecule has 0 aliphatic heterocycles. The van der Waals surface area contributed by atoms with Gasteiger partial charge in [0, 0.05) is 25.0 Å². The number of hydrogen-bond acceptors (Lipinski definition) is 5. The molecule has 0 bridgehead atoms. The van der Waals surface area contributed by atoms with Crippen LogP contribution in [0.5, 0.6) is 0 Å². The Morgan fingerprint density at radius 3 is 2.52 bits per heavy atom. The Bertz CT molecular complexity index is 1010. The fourth-order valence-electron chi connectivity index (χ4n) is 2.88. The molecule has 128 valence electrons. The van der Waals surface area contributed by atoms with Crippen molar-refractivity contribution in [2.75, 3.05) is 11.9 Å². The minimum absolute atomic E-state index is 0.0334. The van der Waals surface area contributed by atoms with Gasteiger partial charge in [0.2, 0.25) is 5.58 Å². The van der Waals surface area contributed by atoms with Gasteiger partial charge in [0.05, 0.1) is 4.92 Å². The largest absolute Gasteiger partial charge is 0.414 e. The van der Waals surface area contributed by atoms with Crippen LogP contribution in [-0.2, 0) is 6.54 Å². The van der Waals surface area contributed by atoms with Gasteiger partial charge in [0.15, 0.2) is 0 Å². The van der Waals surface area contributed by atoms with Crippen LogP contribution in [0.15, 0.2) is 51.7 Å². The van der Waals surface area contributed by atoms with E-state index in [2.05, 4.69) is 0 Å². The Morgan fingerprint density at radius 1 is 1.20 bits per heavy atom. The molecule has 0 unspecified atom stereocenters. The number of fused-ring (bicyclic) bond motifs is 1. The van der Waals surface area contributed by atoms with Gasteiger partial charge in [-0.2, -0.15) is 0 Å². The van der Waals surface area contributed by atoms with Gasteiger partial charge >= 0.3 is 11.3 Å². The maximum absolute atomic E-state index is 13.0. The van der Waals surface area contributed by atoms with Crippen LogP contribution < -0.4 is 10.5 Å². The fraction of sp³-hybridized carbons (Fsp3) is 0.167. The van der Waals surface area contributed by atoms with Gasteiger partial charge in [-0.3, -0.25) is 10.1 Å². The molecular weight excluding hydrogens is 327 g/mol. The molecule has 3 aromatic rings. The number of non-ortho nitro benzene ring substituents is 1. The van der Waals surface area contributed by atoms with Crippen LogP contribution in [0.2, 0.25) is 0 Å². The van der Waals surface area contributed by atoms with E-state index in [-0.39, 0.29) is 17.1 Å². The first-order valence-electron chi connectivity index (χ1n) is 7.55. The predicted molar refractivity (Wildman–Crippen MR) is 92.4 cm³/mol. The normalized spacial score (nSPS) is 10.8. The maximum atomic E-state index is 13.0. The molecule has 25 heavy (non-hydrogen) atoms. The second-order valence-corrected chi connectivity index (χ2v) is 5.76. The molecule has 1 aromatic heterocycles. The van der Waals surface area contributed by atoms with E-state index in [0.29, 0.717) is 23.2 Å². The first kappa shape index (κ1) is 16.6. The molecule has 0 saturated heterocycles. The van der Waals surface area contributed by atoms with Gasteiger partial charge in [-0.15, -0.1) is 0 Å².